The summed E-state index contributed by atoms with van der Waals surface area (Å²) in [6.07, 6.45) is 5.14. The van der Waals surface area contributed by atoms with Gasteiger partial charge in [-0.25, -0.2) is 0 Å². The Morgan fingerprint density at radius 1 is 1.45 bits per heavy atom. The van der Waals surface area contributed by atoms with Gasteiger partial charge in [0.15, 0.2) is 0 Å². The van der Waals surface area contributed by atoms with Crippen molar-refractivity contribution >= 4 is 11.6 Å². The van der Waals surface area contributed by atoms with Crippen molar-refractivity contribution in [1.82, 2.24) is 0 Å². The van der Waals surface area contributed by atoms with E-state index < -0.39 is 0 Å². The molecule has 0 spiro atoms. The van der Waals surface area contributed by atoms with Crippen molar-refractivity contribution in [3.63, 3.8) is 0 Å². The predicted octanol–water partition coefficient (Wildman–Crippen LogP) is 2.82. The van der Waals surface area contributed by atoms with Crippen LogP contribution in [0.15, 0.2) is 0 Å². The van der Waals surface area contributed by atoms with E-state index in [-0.39, 0.29) is 0 Å². The third-order valence-corrected chi connectivity index (χ3v) is 3.25. The second-order valence-corrected chi connectivity index (χ2v) is 3.70. The summed E-state index contributed by atoms with van der Waals surface area (Å²) in [5.74, 6) is 0.820. The Bertz CT molecular complexity index is 105. The van der Waals surface area contributed by atoms with Crippen molar-refractivity contribution in [3.8, 4) is 0 Å². The molecule has 0 saturated heterocycles. The van der Waals surface area contributed by atoms with Crippen LogP contribution in [0.5, 0.6) is 0 Å². The SMILES string of the molecule is CCOCCC1(CCl)CCC1. The molecule has 0 amide bonds. The van der Waals surface area contributed by atoms with Crippen molar-refractivity contribution in [2.24, 2.45) is 5.41 Å². The average molecular weight is 177 g/mol. The molecule has 66 valence electrons. The zero-order chi connectivity index (χ0) is 8.16. The van der Waals surface area contributed by atoms with Crippen molar-refractivity contribution in [2.45, 2.75) is 32.6 Å². The molecule has 1 saturated carbocycles. The Hall–Kier alpha value is 0.250. The highest BCUT2D eigenvalue weighted by Crippen LogP contribution is 2.44. The molecule has 0 N–H and O–H groups in total. The topological polar surface area (TPSA) is 9.23 Å². The molecule has 1 nitrogen and oxygen atoms in total. The minimum atomic E-state index is 0.455. The smallest absolute Gasteiger partial charge is 0.0471 e. The Labute approximate surface area is 74.1 Å². The summed E-state index contributed by atoms with van der Waals surface area (Å²) < 4.78 is 5.31. The van der Waals surface area contributed by atoms with Gasteiger partial charge >= 0.3 is 0 Å². The fourth-order valence-electron chi connectivity index (χ4n) is 1.56. The Kier molecular flexibility index (Phi) is 3.67. The number of hydrogen-bond acceptors (Lipinski definition) is 1. The molecule has 11 heavy (non-hydrogen) atoms. The molecule has 0 aromatic rings. The second-order valence-electron chi connectivity index (χ2n) is 3.43. The maximum atomic E-state index is 5.88. The molecular weight excluding hydrogens is 160 g/mol. The monoisotopic (exact) mass is 176 g/mol. The van der Waals surface area contributed by atoms with Crippen molar-refractivity contribution < 1.29 is 4.74 Å². The maximum Gasteiger partial charge on any atom is 0.0471 e. The van der Waals surface area contributed by atoms with Crippen molar-refractivity contribution in [1.29, 1.82) is 0 Å². The van der Waals surface area contributed by atoms with Gasteiger partial charge in [0.05, 0.1) is 0 Å². The van der Waals surface area contributed by atoms with Gasteiger partial charge in [-0.1, -0.05) is 6.42 Å². The van der Waals surface area contributed by atoms with E-state index in [0.717, 1.165) is 25.5 Å². The quantitative estimate of drug-likeness (QED) is 0.463. The molecule has 0 aliphatic heterocycles. The van der Waals surface area contributed by atoms with Crippen LogP contribution in [0.2, 0.25) is 0 Å². The number of halogens is 1. The molecule has 0 heterocycles. The van der Waals surface area contributed by atoms with E-state index in [1.165, 1.54) is 19.3 Å². The molecule has 0 unspecified atom stereocenters. The lowest BCUT2D eigenvalue weighted by Crippen LogP contribution is -2.32. The third kappa shape index (κ3) is 2.34. The van der Waals surface area contributed by atoms with Crippen LogP contribution in [-0.4, -0.2) is 19.1 Å². The first kappa shape index (κ1) is 9.34. The average Bonchev–Trinajstić information content (AvgIpc) is 1.95. The first-order chi connectivity index (χ1) is 5.33. The summed E-state index contributed by atoms with van der Waals surface area (Å²) in [5.41, 5.74) is 0.455. The van der Waals surface area contributed by atoms with Gasteiger partial charge in [0, 0.05) is 19.1 Å². The van der Waals surface area contributed by atoms with Gasteiger partial charge in [-0.05, 0) is 31.6 Å². The Morgan fingerprint density at radius 2 is 2.18 bits per heavy atom. The first-order valence-electron chi connectivity index (χ1n) is 4.47. The molecular formula is C9H17ClO. The third-order valence-electron chi connectivity index (χ3n) is 2.68. The highest BCUT2D eigenvalue weighted by Gasteiger charge is 2.35. The molecule has 2 heteroatoms. The molecule has 0 radical (unpaired) electrons. The van der Waals surface area contributed by atoms with Crippen molar-refractivity contribution in [3.05, 3.63) is 0 Å². The molecule has 0 aromatic heterocycles. The summed E-state index contributed by atoms with van der Waals surface area (Å²) in [6.45, 7) is 3.76. The zero-order valence-electron chi connectivity index (χ0n) is 7.24. The first-order valence-corrected chi connectivity index (χ1v) is 5.00. The van der Waals surface area contributed by atoms with Crippen LogP contribution in [0, 0.1) is 5.41 Å². The van der Waals surface area contributed by atoms with Crippen LogP contribution in [0.4, 0.5) is 0 Å². The van der Waals surface area contributed by atoms with E-state index in [1.807, 2.05) is 6.92 Å². The zero-order valence-corrected chi connectivity index (χ0v) is 7.99. The Morgan fingerprint density at radius 3 is 2.55 bits per heavy atom. The molecule has 1 fully saturated rings. The summed E-state index contributed by atoms with van der Waals surface area (Å²) in [4.78, 5) is 0. The van der Waals surface area contributed by atoms with Gasteiger partial charge in [-0.15, -0.1) is 11.6 Å². The van der Waals surface area contributed by atoms with E-state index in [1.54, 1.807) is 0 Å². The maximum absolute atomic E-state index is 5.88. The number of rotatable bonds is 5. The van der Waals surface area contributed by atoms with Crippen LogP contribution < -0.4 is 0 Å². The Balaban J connectivity index is 2.11. The van der Waals surface area contributed by atoms with Gasteiger partial charge in [-0.3, -0.25) is 0 Å². The summed E-state index contributed by atoms with van der Waals surface area (Å²) in [5, 5.41) is 0. The lowest BCUT2D eigenvalue weighted by molar-refractivity contribution is 0.0703. The van der Waals surface area contributed by atoms with Gasteiger partial charge in [-0.2, -0.15) is 0 Å². The van der Waals surface area contributed by atoms with Crippen LogP contribution in [0.3, 0.4) is 0 Å². The number of hydrogen-bond donors (Lipinski definition) is 0. The van der Waals surface area contributed by atoms with Crippen LogP contribution in [0.1, 0.15) is 32.6 Å². The van der Waals surface area contributed by atoms with E-state index >= 15 is 0 Å². The molecule has 0 bridgehead atoms. The van der Waals surface area contributed by atoms with Gasteiger partial charge < -0.3 is 4.74 Å². The minimum Gasteiger partial charge on any atom is -0.382 e. The lowest BCUT2D eigenvalue weighted by Gasteiger charge is -2.40. The number of ether oxygens (including phenoxy) is 1. The van der Waals surface area contributed by atoms with Gasteiger partial charge in [0.1, 0.15) is 0 Å². The summed E-state index contributed by atoms with van der Waals surface area (Å²) >= 11 is 5.88. The molecule has 0 aromatic carbocycles. The second kappa shape index (κ2) is 4.32. The normalized spacial score (nSPS) is 21.3. The largest absolute Gasteiger partial charge is 0.382 e. The molecule has 1 aliphatic carbocycles. The molecule has 1 aliphatic rings. The van der Waals surface area contributed by atoms with Crippen LogP contribution in [-0.2, 0) is 4.74 Å². The van der Waals surface area contributed by atoms with E-state index in [9.17, 15) is 0 Å². The lowest BCUT2D eigenvalue weighted by atomic mass is 9.68. The minimum absolute atomic E-state index is 0.455. The fraction of sp³-hybridized carbons (Fsp3) is 1.00. The standard InChI is InChI=1S/C9H17ClO/c1-2-11-7-6-9(8-10)4-3-5-9/h2-8H2,1H3. The molecule has 0 atom stereocenters. The fourth-order valence-corrected chi connectivity index (χ4v) is 1.96. The van der Waals surface area contributed by atoms with E-state index in [4.69, 9.17) is 16.3 Å². The summed E-state index contributed by atoms with van der Waals surface area (Å²) in [6, 6.07) is 0. The van der Waals surface area contributed by atoms with Gasteiger partial charge in [0.25, 0.3) is 0 Å². The predicted molar refractivity (Wildman–Crippen MR) is 48.1 cm³/mol. The van der Waals surface area contributed by atoms with Crippen LogP contribution >= 0.6 is 11.6 Å². The van der Waals surface area contributed by atoms with E-state index in [2.05, 4.69) is 0 Å². The number of alkyl halides is 1. The highest BCUT2D eigenvalue weighted by atomic mass is 35.5. The van der Waals surface area contributed by atoms with Crippen LogP contribution in [0.25, 0.3) is 0 Å². The van der Waals surface area contributed by atoms with Crippen molar-refractivity contribution in [2.75, 3.05) is 19.1 Å². The summed E-state index contributed by atoms with van der Waals surface area (Å²) in [7, 11) is 0. The van der Waals surface area contributed by atoms with Gasteiger partial charge in [0.2, 0.25) is 0 Å². The van der Waals surface area contributed by atoms with E-state index in [0.29, 0.717) is 5.41 Å². The molecule has 1 rings (SSSR count). The highest BCUT2D eigenvalue weighted by molar-refractivity contribution is 6.18.